The lowest BCUT2D eigenvalue weighted by Crippen LogP contribution is -2.36. The molecule has 0 unspecified atom stereocenters. The highest BCUT2D eigenvalue weighted by molar-refractivity contribution is 14.0. The summed E-state index contributed by atoms with van der Waals surface area (Å²) in [7, 11) is 5.32. The van der Waals surface area contributed by atoms with E-state index in [9.17, 15) is 0 Å². The second-order valence-corrected chi connectivity index (χ2v) is 5.22. The molecule has 0 spiro atoms. The molecule has 7 nitrogen and oxygen atoms in total. The first-order valence-electron chi connectivity index (χ1n) is 7.48. The van der Waals surface area contributed by atoms with Crippen molar-refractivity contribution in [1.29, 1.82) is 0 Å². The first-order valence-corrected chi connectivity index (χ1v) is 7.48. The summed E-state index contributed by atoms with van der Waals surface area (Å²) in [5, 5.41) is 11.0. The van der Waals surface area contributed by atoms with Crippen LogP contribution in [-0.4, -0.2) is 34.9 Å². The normalized spacial score (nSPS) is 11.0. The molecule has 2 N–H and O–H groups in total. The van der Waals surface area contributed by atoms with E-state index < -0.39 is 0 Å². The molecule has 0 fully saturated rings. The van der Waals surface area contributed by atoms with E-state index >= 15 is 0 Å². The number of aryl methyl sites for hydroxylation is 2. The third-order valence-electron chi connectivity index (χ3n) is 3.80. The van der Waals surface area contributed by atoms with Gasteiger partial charge in [-0.1, -0.05) is 6.07 Å². The molecule has 132 valence electrons. The van der Waals surface area contributed by atoms with Crippen LogP contribution in [0.3, 0.4) is 0 Å². The number of aliphatic imine (C=N–C) groups is 1. The maximum Gasteiger partial charge on any atom is 0.218 e. The third kappa shape index (κ3) is 4.83. The van der Waals surface area contributed by atoms with Gasteiger partial charge in [-0.05, 0) is 19.9 Å². The minimum absolute atomic E-state index is 0. The summed E-state index contributed by atoms with van der Waals surface area (Å²) >= 11 is 0. The van der Waals surface area contributed by atoms with Gasteiger partial charge in [0, 0.05) is 50.2 Å². The summed E-state index contributed by atoms with van der Waals surface area (Å²) in [6.07, 6.45) is 1.71. The Bertz CT molecular complexity index is 698. The molecule has 0 saturated carbocycles. The van der Waals surface area contributed by atoms with E-state index in [0.29, 0.717) is 19.0 Å². The van der Waals surface area contributed by atoms with Crippen molar-refractivity contribution in [2.45, 2.75) is 26.9 Å². The summed E-state index contributed by atoms with van der Waals surface area (Å²) < 4.78 is 7.14. The number of guanidine groups is 1. The summed E-state index contributed by atoms with van der Waals surface area (Å²) in [4.78, 5) is 8.43. The summed E-state index contributed by atoms with van der Waals surface area (Å²) in [6.45, 7) is 5.34. The molecule has 0 aliphatic rings. The van der Waals surface area contributed by atoms with Gasteiger partial charge in [0.1, 0.15) is 0 Å². The van der Waals surface area contributed by atoms with Gasteiger partial charge in [-0.15, -0.1) is 24.0 Å². The standard InChI is InChI=1S/C16H24N6O.HI/c1-11-14(12(2)22(4)21-11)10-20-16(17-3)19-9-13-7-6-8-18-15(13)23-5;/h6-8H,9-10H2,1-5H3,(H2,17,19,20);1H. The Morgan fingerprint density at radius 1 is 1.29 bits per heavy atom. The van der Waals surface area contributed by atoms with Crippen LogP contribution in [0.4, 0.5) is 0 Å². The van der Waals surface area contributed by atoms with Gasteiger partial charge in [-0.3, -0.25) is 9.67 Å². The second kappa shape index (κ2) is 9.45. The number of nitrogens with zero attached hydrogens (tertiary/aromatic N) is 4. The molecule has 0 aliphatic carbocycles. The van der Waals surface area contributed by atoms with Crippen LogP contribution in [0.2, 0.25) is 0 Å². The predicted octanol–water partition coefficient (Wildman–Crippen LogP) is 1.92. The molecule has 0 bridgehead atoms. The van der Waals surface area contributed by atoms with Crippen LogP contribution >= 0.6 is 24.0 Å². The molecule has 0 aliphatic heterocycles. The number of pyridine rings is 1. The van der Waals surface area contributed by atoms with Gasteiger partial charge in [0.25, 0.3) is 0 Å². The number of nitrogens with one attached hydrogen (secondary N) is 2. The van der Waals surface area contributed by atoms with Crippen molar-refractivity contribution >= 4 is 29.9 Å². The predicted molar refractivity (Wildman–Crippen MR) is 106 cm³/mol. The maximum atomic E-state index is 5.25. The van der Waals surface area contributed by atoms with Crippen molar-refractivity contribution in [2.75, 3.05) is 14.2 Å². The van der Waals surface area contributed by atoms with E-state index in [2.05, 4.69) is 32.6 Å². The number of hydrogen-bond acceptors (Lipinski definition) is 4. The average molecular weight is 444 g/mol. The average Bonchev–Trinajstić information content (AvgIpc) is 2.81. The van der Waals surface area contributed by atoms with Crippen LogP contribution in [0.5, 0.6) is 5.88 Å². The van der Waals surface area contributed by atoms with Gasteiger partial charge in [0.15, 0.2) is 5.96 Å². The largest absolute Gasteiger partial charge is 0.481 e. The maximum absolute atomic E-state index is 5.25. The molecule has 0 amide bonds. The highest BCUT2D eigenvalue weighted by atomic mass is 127. The van der Waals surface area contributed by atoms with E-state index in [1.54, 1.807) is 20.4 Å². The minimum atomic E-state index is 0. The van der Waals surface area contributed by atoms with Gasteiger partial charge in [0.05, 0.1) is 12.8 Å². The van der Waals surface area contributed by atoms with E-state index in [1.165, 1.54) is 5.56 Å². The van der Waals surface area contributed by atoms with Gasteiger partial charge < -0.3 is 15.4 Å². The zero-order valence-corrected chi connectivity index (χ0v) is 17.1. The van der Waals surface area contributed by atoms with E-state index in [-0.39, 0.29) is 24.0 Å². The van der Waals surface area contributed by atoms with E-state index in [1.807, 2.05) is 30.8 Å². The fourth-order valence-corrected chi connectivity index (χ4v) is 2.39. The SMILES string of the molecule is CN=C(NCc1cccnc1OC)NCc1c(C)nn(C)c1C.I. The lowest BCUT2D eigenvalue weighted by atomic mass is 10.2. The lowest BCUT2D eigenvalue weighted by molar-refractivity contribution is 0.392. The van der Waals surface area contributed by atoms with Crippen molar-refractivity contribution in [3.05, 3.63) is 40.8 Å². The number of aromatic nitrogens is 3. The van der Waals surface area contributed by atoms with Crippen molar-refractivity contribution < 1.29 is 4.74 Å². The quantitative estimate of drug-likeness (QED) is 0.419. The van der Waals surface area contributed by atoms with Gasteiger partial charge >= 0.3 is 0 Å². The fraction of sp³-hybridized carbons (Fsp3) is 0.438. The van der Waals surface area contributed by atoms with Crippen molar-refractivity contribution in [3.8, 4) is 5.88 Å². The van der Waals surface area contributed by atoms with Gasteiger partial charge in [-0.25, -0.2) is 4.98 Å². The molecule has 0 aromatic carbocycles. The first-order chi connectivity index (χ1) is 11.1. The lowest BCUT2D eigenvalue weighted by Gasteiger charge is -2.13. The Balaban J connectivity index is 0.00000288. The topological polar surface area (TPSA) is 76.4 Å². The highest BCUT2D eigenvalue weighted by Crippen LogP contribution is 2.13. The summed E-state index contributed by atoms with van der Waals surface area (Å²) in [6, 6.07) is 3.86. The molecule has 2 heterocycles. The number of methoxy groups -OCH3 is 1. The van der Waals surface area contributed by atoms with Crippen LogP contribution in [-0.2, 0) is 20.1 Å². The number of rotatable bonds is 5. The van der Waals surface area contributed by atoms with Crippen LogP contribution in [0.25, 0.3) is 0 Å². The monoisotopic (exact) mass is 444 g/mol. The Labute approximate surface area is 159 Å². The second-order valence-electron chi connectivity index (χ2n) is 5.22. The van der Waals surface area contributed by atoms with Crippen LogP contribution in [0, 0.1) is 13.8 Å². The van der Waals surface area contributed by atoms with E-state index in [0.717, 1.165) is 22.9 Å². The van der Waals surface area contributed by atoms with Gasteiger partial charge in [-0.2, -0.15) is 5.10 Å². The summed E-state index contributed by atoms with van der Waals surface area (Å²) in [5.41, 5.74) is 4.35. The zero-order chi connectivity index (χ0) is 16.8. The Morgan fingerprint density at radius 2 is 2.00 bits per heavy atom. The third-order valence-corrected chi connectivity index (χ3v) is 3.80. The number of hydrogen-bond donors (Lipinski definition) is 2. The Hall–Kier alpha value is -1.84. The van der Waals surface area contributed by atoms with Crippen molar-refractivity contribution in [1.82, 2.24) is 25.4 Å². The highest BCUT2D eigenvalue weighted by Gasteiger charge is 2.10. The molecular weight excluding hydrogens is 419 g/mol. The first kappa shape index (κ1) is 20.2. The zero-order valence-electron chi connectivity index (χ0n) is 14.8. The molecule has 2 aromatic heterocycles. The van der Waals surface area contributed by atoms with Crippen molar-refractivity contribution in [3.63, 3.8) is 0 Å². The van der Waals surface area contributed by atoms with Crippen molar-refractivity contribution in [2.24, 2.45) is 12.0 Å². The smallest absolute Gasteiger partial charge is 0.218 e. The number of ether oxygens (including phenoxy) is 1. The van der Waals surface area contributed by atoms with Gasteiger partial charge in [0.2, 0.25) is 5.88 Å². The molecule has 0 atom stereocenters. The Kier molecular flexibility index (Phi) is 7.96. The molecule has 8 heteroatoms. The van der Waals surface area contributed by atoms with Crippen LogP contribution < -0.4 is 15.4 Å². The Morgan fingerprint density at radius 3 is 2.58 bits per heavy atom. The van der Waals surface area contributed by atoms with Crippen LogP contribution in [0.15, 0.2) is 23.3 Å². The molecule has 2 rings (SSSR count). The number of halogens is 1. The minimum Gasteiger partial charge on any atom is -0.481 e. The van der Waals surface area contributed by atoms with Crippen LogP contribution in [0.1, 0.15) is 22.5 Å². The van der Waals surface area contributed by atoms with E-state index in [4.69, 9.17) is 4.74 Å². The summed E-state index contributed by atoms with van der Waals surface area (Å²) in [5.74, 6) is 1.34. The fourth-order valence-electron chi connectivity index (χ4n) is 2.39. The molecule has 24 heavy (non-hydrogen) atoms. The molecule has 2 aromatic rings. The molecular formula is C16H25IN6O. The molecule has 0 radical (unpaired) electrons. The molecule has 0 saturated heterocycles.